The Bertz CT molecular complexity index is 284. The molecular weight excluding hydrogens is 313 g/mol. The third-order valence-corrected chi connectivity index (χ3v) is 4.05. The summed E-state index contributed by atoms with van der Waals surface area (Å²) in [5.74, 6) is 1.97. The number of alkyl carbamates (subject to hydrolysis) is 1. The van der Waals surface area contributed by atoms with Gasteiger partial charge in [0.15, 0.2) is 0 Å². The fourth-order valence-electron chi connectivity index (χ4n) is 1.20. The molecule has 1 unspecified atom stereocenters. The van der Waals surface area contributed by atoms with Crippen LogP contribution in [0.3, 0.4) is 0 Å². The number of amides is 1. The summed E-state index contributed by atoms with van der Waals surface area (Å²) in [4.78, 5) is 23.4. The van der Waals surface area contributed by atoms with Gasteiger partial charge in [0.05, 0.1) is 0 Å². The summed E-state index contributed by atoms with van der Waals surface area (Å²) < 4.78 is 10.1. The first-order valence-electron chi connectivity index (χ1n) is 6.55. The van der Waals surface area contributed by atoms with Gasteiger partial charge in [-0.25, -0.2) is 0 Å². The van der Waals surface area contributed by atoms with Crippen molar-refractivity contribution < 1.29 is 19.1 Å². The molecular formula is C13H25NO4Se. The molecule has 1 N–H and O–H groups in total. The van der Waals surface area contributed by atoms with Gasteiger partial charge in [-0.15, -0.1) is 0 Å². The van der Waals surface area contributed by atoms with Crippen LogP contribution in [0.1, 0.15) is 34.1 Å². The van der Waals surface area contributed by atoms with E-state index in [0.717, 1.165) is 5.32 Å². The second kappa shape index (κ2) is 10.1. The molecule has 5 nitrogen and oxygen atoms in total. The van der Waals surface area contributed by atoms with Gasteiger partial charge in [-0.2, -0.15) is 0 Å². The van der Waals surface area contributed by atoms with Crippen LogP contribution < -0.4 is 5.32 Å². The van der Waals surface area contributed by atoms with Crippen LogP contribution in [0.2, 0.25) is 11.1 Å². The second-order valence-electron chi connectivity index (χ2n) is 4.58. The summed E-state index contributed by atoms with van der Waals surface area (Å²) in [6.45, 7) is 7.84. The number of nitrogens with one attached hydrogen (secondary N) is 1. The van der Waals surface area contributed by atoms with Crippen LogP contribution >= 0.6 is 0 Å². The molecule has 1 amide bonds. The minimum absolute atomic E-state index is 0.161. The predicted octanol–water partition coefficient (Wildman–Crippen LogP) is 2.25. The molecule has 0 saturated carbocycles. The summed E-state index contributed by atoms with van der Waals surface area (Å²) in [5.41, 5.74) is 0. The molecule has 0 aromatic heterocycles. The van der Waals surface area contributed by atoms with Crippen LogP contribution in [0.5, 0.6) is 0 Å². The first kappa shape index (κ1) is 18.3. The van der Waals surface area contributed by atoms with Gasteiger partial charge in [-0.3, -0.25) is 0 Å². The maximum absolute atomic E-state index is 12.0. The van der Waals surface area contributed by atoms with Gasteiger partial charge >= 0.3 is 121 Å². The van der Waals surface area contributed by atoms with Crippen LogP contribution in [0.4, 0.5) is 4.79 Å². The van der Waals surface area contributed by atoms with Gasteiger partial charge in [-0.1, -0.05) is 0 Å². The molecule has 0 aromatic carbocycles. The maximum atomic E-state index is 12.0. The zero-order chi connectivity index (χ0) is 14.8. The fraction of sp³-hybridized carbons (Fsp3) is 0.846. The van der Waals surface area contributed by atoms with Crippen molar-refractivity contribution in [1.29, 1.82) is 0 Å². The van der Waals surface area contributed by atoms with Crippen molar-refractivity contribution in [2.45, 2.75) is 57.4 Å². The third kappa shape index (κ3) is 8.11. The molecule has 6 heteroatoms. The van der Waals surface area contributed by atoms with E-state index in [9.17, 15) is 9.59 Å². The first-order valence-corrected chi connectivity index (χ1v) is 9.47. The molecule has 0 aliphatic heterocycles. The Hall–Kier alpha value is -0.741. The van der Waals surface area contributed by atoms with Crippen LogP contribution in [-0.4, -0.2) is 45.8 Å². The summed E-state index contributed by atoms with van der Waals surface area (Å²) in [5, 5.41) is 3.48. The molecule has 0 aliphatic rings. The van der Waals surface area contributed by atoms with Crippen molar-refractivity contribution in [2.75, 3.05) is 6.61 Å². The van der Waals surface area contributed by atoms with Crippen molar-refractivity contribution in [3.05, 3.63) is 0 Å². The van der Waals surface area contributed by atoms with Crippen LogP contribution in [0.25, 0.3) is 0 Å². The summed E-state index contributed by atoms with van der Waals surface area (Å²) in [6, 6.07) is -0.609. The van der Waals surface area contributed by atoms with E-state index in [1.807, 2.05) is 20.8 Å². The van der Waals surface area contributed by atoms with E-state index in [-0.39, 0.29) is 24.6 Å². The summed E-state index contributed by atoms with van der Waals surface area (Å²) in [6.07, 6.45) is -0.129. The normalized spacial score (nSPS) is 13.8. The molecule has 0 spiro atoms. The minimum atomic E-state index is -0.609. The molecule has 0 heterocycles. The van der Waals surface area contributed by atoms with Gasteiger partial charge in [0.25, 0.3) is 0 Å². The summed E-state index contributed by atoms with van der Waals surface area (Å²) in [7, 11) is 0. The predicted molar refractivity (Wildman–Crippen MR) is 75.4 cm³/mol. The Morgan fingerprint density at radius 3 is 2.37 bits per heavy atom. The van der Waals surface area contributed by atoms with Gasteiger partial charge in [0, 0.05) is 0 Å². The number of hydrogen-bond donors (Lipinski definition) is 1. The number of esters is 1. The number of hydrogen-bond acceptors (Lipinski definition) is 4. The van der Waals surface area contributed by atoms with Crippen LogP contribution in [-0.2, 0) is 14.3 Å². The van der Waals surface area contributed by atoms with Crippen molar-refractivity contribution in [1.82, 2.24) is 5.32 Å². The SMILES string of the molecule is CCOC(=O)NC(CC[Se]C)C(=O)O[C@@H](C)C(C)C. The molecule has 112 valence electrons. The topological polar surface area (TPSA) is 64.6 Å². The molecule has 0 aliphatic carbocycles. The zero-order valence-electron chi connectivity index (χ0n) is 12.4. The fourth-order valence-corrected chi connectivity index (χ4v) is 2.19. The first-order chi connectivity index (χ1) is 8.92. The molecule has 2 atom stereocenters. The van der Waals surface area contributed by atoms with E-state index in [2.05, 4.69) is 11.1 Å². The average Bonchev–Trinajstić information content (AvgIpc) is 2.34. The number of carbonyl (C=O) groups is 2. The molecule has 0 saturated heterocycles. The molecule has 0 bridgehead atoms. The Kier molecular flexibility index (Phi) is 9.70. The van der Waals surface area contributed by atoms with E-state index in [4.69, 9.17) is 9.47 Å². The summed E-state index contributed by atoms with van der Waals surface area (Å²) >= 11 is 0.457. The van der Waals surface area contributed by atoms with Gasteiger partial charge < -0.3 is 0 Å². The molecule has 0 rings (SSSR count). The van der Waals surface area contributed by atoms with Crippen molar-refractivity contribution in [2.24, 2.45) is 5.92 Å². The Labute approximate surface area is 121 Å². The number of rotatable bonds is 8. The van der Waals surface area contributed by atoms with Crippen LogP contribution in [0.15, 0.2) is 0 Å². The molecule has 0 radical (unpaired) electrons. The number of carbonyl (C=O) groups excluding carboxylic acids is 2. The van der Waals surface area contributed by atoms with E-state index in [1.54, 1.807) is 6.92 Å². The van der Waals surface area contributed by atoms with Gasteiger partial charge in [0.2, 0.25) is 0 Å². The van der Waals surface area contributed by atoms with E-state index in [1.165, 1.54) is 0 Å². The van der Waals surface area contributed by atoms with E-state index < -0.39 is 12.1 Å². The van der Waals surface area contributed by atoms with E-state index >= 15 is 0 Å². The Balaban J connectivity index is 4.46. The third-order valence-electron chi connectivity index (χ3n) is 2.70. The second-order valence-corrected chi connectivity index (χ2v) is 6.65. The Morgan fingerprint density at radius 2 is 1.89 bits per heavy atom. The monoisotopic (exact) mass is 339 g/mol. The van der Waals surface area contributed by atoms with Gasteiger partial charge in [0.1, 0.15) is 0 Å². The van der Waals surface area contributed by atoms with Gasteiger partial charge in [-0.05, 0) is 0 Å². The zero-order valence-corrected chi connectivity index (χ0v) is 14.1. The standard InChI is InChI=1S/C13H25NO4Se/c1-6-17-13(16)14-11(7-8-19-5)12(15)18-10(4)9(2)3/h9-11H,6-8H2,1-5H3,(H,14,16)/t10-,11?/m0/s1. The average molecular weight is 338 g/mol. The Morgan fingerprint density at radius 1 is 1.26 bits per heavy atom. The van der Waals surface area contributed by atoms with Crippen molar-refractivity contribution in [3.8, 4) is 0 Å². The van der Waals surface area contributed by atoms with Crippen LogP contribution in [0, 0.1) is 5.92 Å². The number of ether oxygens (including phenoxy) is 2. The quantitative estimate of drug-likeness (QED) is 0.545. The van der Waals surface area contributed by atoms with E-state index in [0.29, 0.717) is 21.4 Å². The molecule has 0 fully saturated rings. The van der Waals surface area contributed by atoms with Crippen molar-refractivity contribution in [3.63, 3.8) is 0 Å². The van der Waals surface area contributed by atoms with Crippen molar-refractivity contribution >= 4 is 27.0 Å². The molecule has 19 heavy (non-hydrogen) atoms. The molecule has 0 aromatic rings.